The molecular weight excluding hydrogens is 320 g/mol. The van der Waals surface area contributed by atoms with Gasteiger partial charge in [-0.2, -0.15) is 8.78 Å². The third-order valence-corrected chi connectivity index (χ3v) is 2.70. The van der Waals surface area contributed by atoms with Crippen molar-refractivity contribution in [3.05, 3.63) is 29.3 Å². The summed E-state index contributed by atoms with van der Waals surface area (Å²) in [5.74, 6) is -0.789. The number of benzene rings is 1. The van der Waals surface area contributed by atoms with Crippen LogP contribution in [0.4, 0.5) is 17.6 Å². The molecule has 0 fully saturated rings. The summed E-state index contributed by atoms with van der Waals surface area (Å²) in [6.45, 7) is -3.19. The van der Waals surface area contributed by atoms with Crippen LogP contribution in [0.1, 0.15) is 17.6 Å². The maximum Gasteiger partial charge on any atom is 0.387 e. The molecule has 0 unspecified atom stereocenters. The molecule has 7 heteroatoms. The van der Waals surface area contributed by atoms with E-state index in [4.69, 9.17) is 0 Å². The van der Waals surface area contributed by atoms with Crippen LogP contribution in [0, 0.1) is 0 Å². The van der Waals surface area contributed by atoms with Gasteiger partial charge >= 0.3 is 6.61 Å². The first-order valence-corrected chi connectivity index (χ1v) is 5.99. The highest BCUT2D eigenvalue weighted by Crippen LogP contribution is 2.31. The van der Waals surface area contributed by atoms with Gasteiger partial charge in [-0.15, -0.1) is 0 Å². The highest BCUT2D eigenvalue weighted by Gasteiger charge is 2.18. The molecule has 0 bridgehead atoms. The summed E-state index contributed by atoms with van der Waals surface area (Å²) in [7, 11) is 0. The molecule has 0 aliphatic rings. The second-order valence-corrected chi connectivity index (χ2v) is 3.96. The Balaban J connectivity index is 3.00. The van der Waals surface area contributed by atoms with E-state index in [1.165, 1.54) is 6.07 Å². The number of ether oxygens (including phenoxy) is 1. The second kappa shape index (κ2) is 6.72. The Kier molecular flexibility index (Phi) is 5.58. The minimum Gasteiger partial charge on any atom is -0.434 e. The topological polar surface area (TPSA) is 26.3 Å². The molecule has 0 radical (unpaired) electrons. The van der Waals surface area contributed by atoms with Gasteiger partial charge in [-0.05, 0) is 17.7 Å². The first-order chi connectivity index (χ1) is 8.43. The standard InChI is InChI=1S/C11H9BrF4O2/c12-5-7(17)3-6-1-2-8(10(13)14)9(4-6)18-11(15)16/h1-2,4,10-11H,3,5H2. The number of alkyl halides is 5. The molecule has 18 heavy (non-hydrogen) atoms. The predicted molar refractivity (Wildman–Crippen MR) is 60.5 cm³/mol. The van der Waals surface area contributed by atoms with Gasteiger partial charge < -0.3 is 4.74 Å². The third-order valence-electron chi connectivity index (χ3n) is 2.08. The lowest BCUT2D eigenvalue weighted by molar-refractivity contribution is -0.115. The van der Waals surface area contributed by atoms with Crippen molar-refractivity contribution in [1.29, 1.82) is 0 Å². The van der Waals surface area contributed by atoms with E-state index < -0.39 is 24.3 Å². The average molecular weight is 329 g/mol. The largest absolute Gasteiger partial charge is 0.434 e. The van der Waals surface area contributed by atoms with Crippen molar-refractivity contribution in [2.24, 2.45) is 0 Å². The molecule has 0 amide bonds. The van der Waals surface area contributed by atoms with E-state index in [1.54, 1.807) is 0 Å². The van der Waals surface area contributed by atoms with Crippen LogP contribution in [0.5, 0.6) is 5.75 Å². The Morgan fingerprint density at radius 3 is 2.44 bits per heavy atom. The lowest BCUT2D eigenvalue weighted by Gasteiger charge is -2.11. The fourth-order valence-electron chi connectivity index (χ4n) is 1.34. The maximum absolute atomic E-state index is 12.5. The van der Waals surface area contributed by atoms with Crippen molar-refractivity contribution in [2.45, 2.75) is 19.5 Å². The fourth-order valence-corrected chi connectivity index (χ4v) is 1.54. The number of Topliss-reactive ketones (excluding diaryl/α,β-unsaturated/α-hetero) is 1. The van der Waals surface area contributed by atoms with Gasteiger partial charge in [0.2, 0.25) is 0 Å². The van der Waals surface area contributed by atoms with Crippen molar-refractivity contribution in [2.75, 3.05) is 5.33 Å². The number of hydrogen-bond donors (Lipinski definition) is 0. The summed E-state index contributed by atoms with van der Waals surface area (Å²) in [5.41, 5.74) is -0.273. The molecule has 0 heterocycles. The average Bonchev–Trinajstić information content (AvgIpc) is 2.27. The molecule has 0 aliphatic heterocycles. The van der Waals surface area contributed by atoms with Crippen LogP contribution in [-0.4, -0.2) is 17.7 Å². The van der Waals surface area contributed by atoms with E-state index >= 15 is 0 Å². The number of rotatable bonds is 6. The molecular formula is C11H9BrF4O2. The van der Waals surface area contributed by atoms with Gasteiger partial charge in [-0.25, -0.2) is 8.78 Å². The van der Waals surface area contributed by atoms with Gasteiger partial charge in [0.25, 0.3) is 6.43 Å². The number of ketones is 1. The van der Waals surface area contributed by atoms with E-state index in [9.17, 15) is 22.4 Å². The summed E-state index contributed by atoms with van der Waals surface area (Å²) >= 11 is 2.95. The van der Waals surface area contributed by atoms with Crippen LogP contribution in [0.15, 0.2) is 18.2 Å². The first kappa shape index (κ1) is 14.9. The van der Waals surface area contributed by atoms with Crippen LogP contribution < -0.4 is 4.74 Å². The molecule has 1 aromatic carbocycles. The molecule has 1 rings (SSSR count). The molecule has 0 aliphatic carbocycles. The van der Waals surface area contributed by atoms with Crippen molar-refractivity contribution < 1.29 is 27.1 Å². The lowest BCUT2D eigenvalue weighted by Crippen LogP contribution is -2.07. The van der Waals surface area contributed by atoms with Crippen molar-refractivity contribution in [3.63, 3.8) is 0 Å². The smallest absolute Gasteiger partial charge is 0.387 e. The van der Waals surface area contributed by atoms with Crippen LogP contribution in [-0.2, 0) is 11.2 Å². The molecule has 2 nitrogen and oxygen atoms in total. The number of carbonyl (C=O) groups excluding carboxylic acids is 1. The third kappa shape index (κ3) is 4.29. The molecule has 0 saturated carbocycles. The molecule has 0 spiro atoms. The van der Waals surface area contributed by atoms with Gasteiger partial charge in [0.05, 0.1) is 10.9 Å². The quantitative estimate of drug-likeness (QED) is 0.587. The van der Waals surface area contributed by atoms with Crippen LogP contribution in [0.2, 0.25) is 0 Å². The van der Waals surface area contributed by atoms with Gasteiger partial charge in [-0.1, -0.05) is 22.0 Å². The van der Waals surface area contributed by atoms with E-state index in [0.29, 0.717) is 5.56 Å². The summed E-state index contributed by atoms with van der Waals surface area (Å²) in [6, 6.07) is 3.31. The normalized spacial score (nSPS) is 11.1. The van der Waals surface area contributed by atoms with E-state index in [-0.39, 0.29) is 17.5 Å². The first-order valence-electron chi connectivity index (χ1n) is 4.87. The zero-order valence-electron chi connectivity index (χ0n) is 9.01. The summed E-state index contributed by atoms with van der Waals surface area (Å²) in [6.07, 6.45) is -2.95. The molecule has 0 N–H and O–H groups in total. The van der Waals surface area contributed by atoms with Gasteiger partial charge in [-0.3, -0.25) is 4.79 Å². The Bertz CT molecular complexity index is 424. The van der Waals surface area contributed by atoms with Crippen molar-refractivity contribution in [3.8, 4) is 5.75 Å². The fraction of sp³-hybridized carbons (Fsp3) is 0.364. The predicted octanol–water partition coefficient (Wildman–Crippen LogP) is 3.73. The highest BCUT2D eigenvalue weighted by atomic mass is 79.9. The van der Waals surface area contributed by atoms with E-state index in [1.807, 2.05) is 0 Å². The zero-order chi connectivity index (χ0) is 13.7. The highest BCUT2D eigenvalue weighted by molar-refractivity contribution is 9.09. The van der Waals surface area contributed by atoms with Gasteiger partial charge in [0.1, 0.15) is 11.5 Å². The maximum atomic E-state index is 12.5. The van der Waals surface area contributed by atoms with Crippen LogP contribution in [0.3, 0.4) is 0 Å². The number of carbonyl (C=O) groups is 1. The molecule has 100 valence electrons. The molecule has 0 atom stereocenters. The summed E-state index contributed by atoms with van der Waals surface area (Å²) in [4.78, 5) is 11.1. The SMILES string of the molecule is O=C(CBr)Cc1ccc(C(F)F)c(OC(F)F)c1. The Morgan fingerprint density at radius 1 is 1.28 bits per heavy atom. The van der Waals surface area contributed by atoms with Gasteiger partial charge in [0, 0.05) is 6.42 Å². The Hall–Kier alpha value is -1.11. The van der Waals surface area contributed by atoms with Crippen molar-refractivity contribution >= 4 is 21.7 Å². The minimum atomic E-state index is -3.19. The lowest BCUT2D eigenvalue weighted by atomic mass is 10.1. The van der Waals surface area contributed by atoms with E-state index in [2.05, 4.69) is 20.7 Å². The van der Waals surface area contributed by atoms with Crippen LogP contribution in [0.25, 0.3) is 0 Å². The number of halogens is 5. The Labute approximate surface area is 109 Å². The van der Waals surface area contributed by atoms with Crippen LogP contribution >= 0.6 is 15.9 Å². The zero-order valence-corrected chi connectivity index (χ0v) is 10.6. The molecule has 1 aromatic rings. The summed E-state index contributed by atoms with van der Waals surface area (Å²) < 4.78 is 53.3. The molecule has 0 saturated heterocycles. The van der Waals surface area contributed by atoms with Crippen molar-refractivity contribution in [1.82, 2.24) is 0 Å². The number of hydrogen-bond acceptors (Lipinski definition) is 2. The Morgan fingerprint density at radius 2 is 1.94 bits per heavy atom. The molecule has 0 aromatic heterocycles. The second-order valence-electron chi connectivity index (χ2n) is 3.40. The minimum absolute atomic E-state index is 0.0334. The van der Waals surface area contributed by atoms with E-state index in [0.717, 1.165) is 12.1 Å². The van der Waals surface area contributed by atoms with Gasteiger partial charge in [0.15, 0.2) is 0 Å². The summed E-state index contributed by atoms with van der Waals surface area (Å²) in [5, 5.41) is 0.106. The monoisotopic (exact) mass is 328 g/mol.